The van der Waals surface area contributed by atoms with Crippen LogP contribution in [0.1, 0.15) is 16.7 Å². The van der Waals surface area contributed by atoms with Gasteiger partial charge in [-0.25, -0.2) is 8.42 Å². The zero-order valence-electron chi connectivity index (χ0n) is 18.0. The van der Waals surface area contributed by atoms with Gasteiger partial charge in [0, 0.05) is 12.1 Å². The Labute approximate surface area is 194 Å². The molecule has 9 nitrogen and oxygen atoms in total. The standard InChI is InChI=1S/C22H20F2N4O5S/c1-14-3-9-19(15(2)11-14)27-34(31,32)21-12-17(28(29)30)6-10-20(21)26-25-13-16-4-7-18(8-5-16)33-22(23)24/h3-13,22,26-27H,1-2H3. The van der Waals surface area contributed by atoms with Crippen molar-refractivity contribution in [1.82, 2.24) is 0 Å². The lowest BCUT2D eigenvalue weighted by Gasteiger charge is -2.14. The Hall–Kier alpha value is -4.06. The fraction of sp³-hybridized carbons (Fsp3) is 0.136. The maximum atomic E-state index is 13.1. The molecule has 12 heteroatoms. The molecule has 0 aliphatic rings. The lowest BCUT2D eigenvalue weighted by molar-refractivity contribution is -0.385. The second-order valence-electron chi connectivity index (χ2n) is 7.18. The van der Waals surface area contributed by atoms with E-state index in [4.69, 9.17) is 0 Å². The van der Waals surface area contributed by atoms with E-state index in [0.717, 1.165) is 17.7 Å². The molecule has 34 heavy (non-hydrogen) atoms. The van der Waals surface area contributed by atoms with E-state index in [1.807, 2.05) is 6.92 Å². The number of nitrogens with zero attached hydrogens (tertiary/aromatic N) is 2. The number of halogens is 2. The lowest BCUT2D eigenvalue weighted by Crippen LogP contribution is -2.16. The second-order valence-corrected chi connectivity index (χ2v) is 8.83. The number of hydrazone groups is 1. The first-order valence-corrected chi connectivity index (χ1v) is 11.3. The summed E-state index contributed by atoms with van der Waals surface area (Å²) in [5.41, 5.74) is 4.62. The molecule has 2 N–H and O–H groups in total. The molecule has 0 saturated heterocycles. The van der Waals surface area contributed by atoms with Crippen molar-refractivity contribution in [3.63, 3.8) is 0 Å². The summed E-state index contributed by atoms with van der Waals surface area (Å²) < 4.78 is 57.4. The third kappa shape index (κ3) is 6.25. The van der Waals surface area contributed by atoms with Crippen molar-refractivity contribution < 1.29 is 26.9 Å². The Morgan fingerprint density at radius 2 is 1.71 bits per heavy atom. The zero-order valence-corrected chi connectivity index (χ0v) is 18.8. The van der Waals surface area contributed by atoms with Crippen LogP contribution in [0.15, 0.2) is 70.7 Å². The fourth-order valence-electron chi connectivity index (χ4n) is 2.98. The summed E-state index contributed by atoms with van der Waals surface area (Å²) in [5.74, 6) is -0.0265. The molecule has 0 aliphatic heterocycles. The van der Waals surface area contributed by atoms with Crippen LogP contribution in [0.3, 0.4) is 0 Å². The number of non-ortho nitro benzene ring substituents is 1. The van der Waals surface area contributed by atoms with Crippen LogP contribution in [0.2, 0.25) is 0 Å². The van der Waals surface area contributed by atoms with Gasteiger partial charge in [0.05, 0.1) is 22.5 Å². The Balaban J connectivity index is 1.87. The van der Waals surface area contributed by atoms with Crippen molar-refractivity contribution in [2.75, 3.05) is 10.1 Å². The second kappa shape index (κ2) is 10.3. The summed E-state index contributed by atoms with van der Waals surface area (Å²) >= 11 is 0. The van der Waals surface area contributed by atoms with E-state index in [1.165, 1.54) is 36.5 Å². The van der Waals surface area contributed by atoms with E-state index in [1.54, 1.807) is 25.1 Å². The average Bonchev–Trinajstić information content (AvgIpc) is 2.76. The van der Waals surface area contributed by atoms with E-state index in [2.05, 4.69) is 20.0 Å². The summed E-state index contributed by atoms with van der Waals surface area (Å²) in [6.45, 7) is 0.658. The molecular formula is C22H20F2N4O5S. The maximum Gasteiger partial charge on any atom is 0.387 e. The first-order valence-electron chi connectivity index (χ1n) is 9.77. The summed E-state index contributed by atoms with van der Waals surface area (Å²) in [6.07, 6.45) is 1.32. The molecule has 0 fully saturated rings. The van der Waals surface area contributed by atoms with Crippen LogP contribution in [0, 0.1) is 24.0 Å². The predicted molar refractivity (Wildman–Crippen MR) is 124 cm³/mol. The minimum Gasteiger partial charge on any atom is -0.435 e. The number of sulfonamides is 1. The highest BCUT2D eigenvalue weighted by molar-refractivity contribution is 7.92. The molecule has 0 aliphatic carbocycles. The fourth-order valence-corrected chi connectivity index (χ4v) is 4.29. The Bertz CT molecular complexity index is 1330. The molecule has 3 aromatic rings. The van der Waals surface area contributed by atoms with Gasteiger partial charge in [-0.05, 0) is 61.4 Å². The highest BCUT2D eigenvalue weighted by Crippen LogP contribution is 2.29. The molecule has 0 aromatic heterocycles. The van der Waals surface area contributed by atoms with Crippen molar-refractivity contribution in [1.29, 1.82) is 0 Å². The van der Waals surface area contributed by atoms with Crippen LogP contribution in [-0.4, -0.2) is 26.2 Å². The van der Waals surface area contributed by atoms with Crippen LogP contribution in [0.4, 0.5) is 25.8 Å². The van der Waals surface area contributed by atoms with Gasteiger partial charge in [0.15, 0.2) is 0 Å². The number of anilines is 2. The number of hydrogen-bond donors (Lipinski definition) is 2. The number of rotatable bonds is 9. The van der Waals surface area contributed by atoms with Gasteiger partial charge in [-0.15, -0.1) is 0 Å². The van der Waals surface area contributed by atoms with Gasteiger partial charge < -0.3 is 4.74 Å². The quantitative estimate of drug-likeness (QED) is 0.246. The van der Waals surface area contributed by atoms with Gasteiger partial charge in [-0.1, -0.05) is 17.7 Å². The summed E-state index contributed by atoms with van der Waals surface area (Å²) in [5, 5.41) is 15.2. The maximum absolute atomic E-state index is 13.1. The van der Waals surface area contributed by atoms with Crippen molar-refractivity contribution >= 4 is 33.3 Å². The number of nitrogens with one attached hydrogen (secondary N) is 2. The molecule has 0 bridgehead atoms. The van der Waals surface area contributed by atoms with Crippen LogP contribution in [-0.2, 0) is 10.0 Å². The Kier molecular flexibility index (Phi) is 7.41. The van der Waals surface area contributed by atoms with Crippen molar-refractivity contribution in [3.8, 4) is 5.75 Å². The van der Waals surface area contributed by atoms with Gasteiger partial charge in [0.25, 0.3) is 15.7 Å². The molecule has 0 saturated carbocycles. The largest absolute Gasteiger partial charge is 0.435 e. The molecule has 178 valence electrons. The number of alkyl halides is 2. The number of nitro groups is 1. The van der Waals surface area contributed by atoms with Gasteiger partial charge in [0.2, 0.25) is 0 Å². The first kappa shape index (κ1) is 24.6. The minimum absolute atomic E-state index is 0.00299. The van der Waals surface area contributed by atoms with Crippen LogP contribution >= 0.6 is 0 Å². The molecule has 0 spiro atoms. The summed E-state index contributed by atoms with van der Waals surface area (Å²) in [4.78, 5) is 10.1. The van der Waals surface area contributed by atoms with Gasteiger partial charge >= 0.3 is 6.61 Å². The summed E-state index contributed by atoms with van der Waals surface area (Å²) in [7, 11) is -4.23. The van der Waals surface area contributed by atoms with E-state index in [9.17, 15) is 27.3 Å². The lowest BCUT2D eigenvalue weighted by atomic mass is 10.1. The van der Waals surface area contributed by atoms with Crippen molar-refractivity contribution in [2.45, 2.75) is 25.4 Å². The number of nitro benzene ring substituents is 1. The topological polar surface area (TPSA) is 123 Å². The SMILES string of the molecule is Cc1ccc(NS(=O)(=O)c2cc([N+](=O)[O-])ccc2NN=Cc2ccc(OC(F)F)cc2)c(C)c1. The molecule has 3 rings (SSSR count). The van der Waals surface area contributed by atoms with Gasteiger partial charge in [-0.3, -0.25) is 20.3 Å². The number of aryl methyl sites for hydroxylation is 2. The van der Waals surface area contributed by atoms with Gasteiger partial charge in [0.1, 0.15) is 10.6 Å². The van der Waals surface area contributed by atoms with Crippen molar-refractivity contribution in [2.24, 2.45) is 5.10 Å². The monoisotopic (exact) mass is 490 g/mol. The van der Waals surface area contributed by atoms with Crippen LogP contribution in [0.25, 0.3) is 0 Å². The van der Waals surface area contributed by atoms with Crippen LogP contribution < -0.4 is 14.9 Å². The van der Waals surface area contributed by atoms with Crippen molar-refractivity contribution in [3.05, 3.63) is 87.5 Å². The Morgan fingerprint density at radius 1 is 1.03 bits per heavy atom. The molecule has 0 radical (unpaired) electrons. The molecule has 0 unspecified atom stereocenters. The van der Waals surface area contributed by atoms with Gasteiger partial charge in [-0.2, -0.15) is 13.9 Å². The molecule has 0 atom stereocenters. The molecule has 3 aromatic carbocycles. The molecule has 0 heterocycles. The smallest absolute Gasteiger partial charge is 0.387 e. The number of hydrogen-bond acceptors (Lipinski definition) is 7. The molecule has 0 amide bonds. The van der Waals surface area contributed by atoms with Crippen LogP contribution in [0.5, 0.6) is 5.75 Å². The normalized spacial score (nSPS) is 11.6. The van der Waals surface area contributed by atoms with E-state index < -0.39 is 27.2 Å². The van der Waals surface area contributed by atoms with E-state index >= 15 is 0 Å². The third-order valence-electron chi connectivity index (χ3n) is 4.60. The Morgan fingerprint density at radius 3 is 2.32 bits per heavy atom. The highest BCUT2D eigenvalue weighted by atomic mass is 32.2. The molecular weight excluding hydrogens is 470 g/mol. The zero-order chi connectivity index (χ0) is 24.9. The predicted octanol–water partition coefficient (Wildman–Crippen LogP) is 5.06. The number of benzene rings is 3. The average molecular weight is 490 g/mol. The van der Waals surface area contributed by atoms with E-state index in [0.29, 0.717) is 16.8 Å². The highest BCUT2D eigenvalue weighted by Gasteiger charge is 2.23. The first-order chi connectivity index (χ1) is 16.0. The minimum atomic E-state index is -4.23. The third-order valence-corrected chi connectivity index (χ3v) is 6.00. The van der Waals surface area contributed by atoms with E-state index in [-0.39, 0.29) is 16.3 Å². The number of ether oxygens (including phenoxy) is 1. The summed E-state index contributed by atoms with van der Waals surface area (Å²) in [6, 6.07) is 14.0.